The molecule has 1 amide bonds. The average molecular weight is 310 g/mol. The van der Waals surface area contributed by atoms with Gasteiger partial charge in [0.1, 0.15) is 12.1 Å². The van der Waals surface area contributed by atoms with Crippen LogP contribution in [0, 0.1) is 5.82 Å². The van der Waals surface area contributed by atoms with Crippen LogP contribution in [0.4, 0.5) is 4.39 Å². The highest BCUT2D eigenvalue weighted by Gasteiger charge is 2.33. The van der Waals surface area contributed by atoms with Crippen molar-refractivity contribution in [3.05, 3.63) is 59.4 Å². The van der Waals surface area contributed by atoms with Crippen LogP contribution in [0.2, 0.25) is 0 Å². The highest BCUT2D eigenvalue weighted by atomic mass is 19.1. The van der Waals surface area contributed by atoms with Gasteiger partial charge in [-0.3, -0.25) is 4.79 Å². The van der Waals surface area contributed by atoms with Gasteiger partial charge in [0.25, 0.3) is 0 Å². The fourth-order valence-electron chi connectivity index (χ4n) is 3.38. The van der Waals surface area contributed by atoms with Crippen molar-refractivity contribution in [3.8, 4) is 0 Å². The van der Waals surface area contributed by atoms with E-state index in [4.69, 9.17) is 0 Å². The fourth-order valence-corrected chi connectivity index (χ4v) is 3.38. The van der Waals surface area contributed by atoms with Crippen molar-refractivity contribution < 1.29 is 9.18 Å². The third-order valence-corrected chi connectivity index (χ3v) is 4.35. The zero-order chi connectivity index (χ0) is 16.0. The molecule has 2 aromatic heterocycles. The molecule has 0 fully saturated rings. The number of benzene rings is 1. The second kappa shape index (κ2) is 5.15. The fraction of sp³-hybridized carbons (Fsp3) is 0.235. The summed E-state index contributed by atoms with van der Waals surface area (Å²) in [6.07, 6.45) is 3.96. The number of nitrogens with zero attached hydrogens (tertiary/aromatic N) is 3. The van der Waals surface area contributed by atoms with E-state index >= 15 is 0 Å². The number of carbonyl (C=O) groups is 1. The van der Waals surface area contributed by atoms with E-state index < -0.39 is 0 Å². The number of amides is 1. The Hall–Kier alpha value is -2.76. The van der Waals surface area contributed by atoms with Crippen molar-refractivity contribution >= 4 is 16.9 Å². The molecule has 1 N–H and O–H groups in total. The molecule has 0 aliphatic carbocycles. The quantitative estimate of drug-likeness (QED) is 0.751. The first-order chi connectivity index (χ1) is 11.1. The lowest BCUT2D eigenvalue weighted by molar-refractivity contribution is -0.130. The molecule has 1 unspecified atom stereocenters. The van der Waals surface area contributed by atoms with Crippen molar-refractivity contribution in [3.63, 3.8) is 0 Å². The third kappa shape index (κ3) is 2.18. The van der Waals surface area contributed by atoms with Gasteiger partial charge in [-0.1, -0.05) is 12.1 Å². The molecule has 6 heteroatoms. The van der Waals surface area contributed by atoms with E-state index in [0.29, 0.717) is 6.54 Å². The molecular weight excluding hydrogens is 295 g/mol. The van der Waals surface area contributed by atoms with Crippen LogP contribution in [0.15, 0.2) is 36.8 Å². The molecule has 0 bridgehead atoms. The Morgan fingerprint density at radius 3 is 3.09 bits per heavy atom. The molecule has 1 atom stereocenters. The standard InChI is InChI=1S/C17H15FN4O/c1-10(23)22-6-5-13-15-14(8-19-9-20-15)21-16(13)17(22)11-3-2-4-12(18)7-11/h2-4,7-9,17,21H,5-6H2,1H3. The molecule has 1 aliphatic rings. The number of hydrogen-bond donors (Lipinski definition) is 1. The molecule has 3 aromatic rings. The molecule has 5 nitrogen and oxygen atoms in total. The van der Waals surface area contributed by atoms with E-state index in [0.717, 1.165) is 34.3 Å². The highest BCUT2D eigenvalue weighted by molar-refractivity contribution is 5.82. The Bertz CT molecular complexity index is 904. The Balaban J connectivity index is 1.95. The predicted octanol–water partition coefficient (Wildman–Crippen LogP) is 2.59. The summed E-state index contributed by atoms with van der Waals surface area (Å²) in [6.45, 7) is 2.13. The molecular formula is C17H15FN4O. The van der Waals surface area contributed by atoms with E-state index in [9.17, 15) is 9.18 Å². The first-order valence-electron chi connectivity index (χ1n) is 7.48. The van der Waals surface area contributed by atoms with E-state index in [1.165, 1.54) is 18.5 Å². The van der Waals surface area contributed by atoms with Gasteiger partial charge < -0.3 is 9.88 Å². The Labute approximate surface area is 132 Å². The van der Waals surface area contributed by atoms with Crippen LogP contribution < -0.4 is 0 Å². The van der Waals surface area contributed by atoms with Gasteiger partial charge in [0.05, 0.1) is 23.3 Å². The van der Waals surface area contributed by atoms with Gasteiger partial charge in [0, 0.05) is 24.7 Å². The number of aromatic nitrogens is 3. The van der Waals surface area contributed by atoms with Crippen molar-refractivity contribution in [2.45, 2.75) is 19.4 Å². The summed E-state index contributed by atoms with van der Waals surface area (Å²) >= 11 is 0. The van der Waals surface area contributed by atoms with Crippen LogP contribution in [0.3, 0.4) is 0 Å². The molecule has 4 rings (SSSR count). The minimum absolute atomic E-state index is 0.0327. The van der Waals surface area contributed by atoms with E-state index in [-0.39, 0.29) is 17.8 Å². The average Bonchev–Trinajstić information content (AvgIpc) is 2.92. The largest absolute Gasteiger partial charge is 0.354 e. The number of carbonyl (C=O) groups excluding carboxylic acids is 1. The number of rotatable bonds is 1. The van der Waals surface area contributed by atoms with E-state index in [1.807, 2.05) is 6.07 Å². The minimum Gasteiger partial charge on any atom is -0.354 e. The molecule has 0 saturated heterocycles. The number of aromatic amines is 1. The van der Waals surface area contributed by atoms with Crippen molar-refractivity contribution in [2.75, 3.05) is 6.54 Å². The molecule has 3 heterocycles. The second-order valence-electron chi connectivity index (χ2n) is 5.72. The van der Waals surface area contributed by atoms with Gasteiger partial charge in [-0.15, -0.1) is 0 Å². The summed E-state index contributed by atoms with van der Waals surface area (Å²) in [5.41, 5.74) is 4.44. The summed E-state index contributed by atoms with van der Waals surface area (Å²) in [5, 5.41) is 0. The SMILES string of the molecule is CC(=O)N1CCc2c([nH]c3cncnc23)C1c1cccc(F)c1. The zero-order valence-electron chi connectivity index (χ0n) is 12.6. The van der Waals surface area contributed by atoms with Gasteiger partial charge in [-0.25, -0.2) is 14.4 Å². The van der Waals surface area contributed by atoms with Crippen molar-refractivity contribution in [1.29, 1.82) is 0 Å². The normalized spacial score (nSPS) is 17.3. The smallest absolute Gasteiger partial charge is 0.220 e. The van der Waals surface area contributed by atoms with Gasteiger partial charge in [-0.2, -0.15) is 0 Å². The summed E-state index contributed by atoms with van der Waals surface area (Å²) in [6, 6.07) is 6.06. The Morgan fingerprint density at radius 1 is 1.43 bits per heavy atom. The first-order valence-corrected chi connectivity index (χ1v) is 7.48. The molecule has 23 heavy (non-hydrogen) atoms. The van der Waals surface area contributed by atoms with Crippen molar-refractivity contribution in [2.24, 2.45) is 0 Å². The molecule has 0 radical (unpaired) electrons. The summed E-state index contributed by atoms with van der Waals surface area (Å²) in [7, 11) is 0. The number of H-pyrrole nitrogens is 1. The van der Waals surface area contributed by atoms with Crippen LogP contribution in [0.5, 0.6) is 0 Å². The summed E-state index contributed by atoms with van der Waals surface area (Å²) < 4.78 is 13.7. The molecule has 0 saturated carbocycles. The lowest BCUT2D eigenvalue weighted by atomic mass is 9.93. The van der Waals surface area contributed by atoms with Crippen LogP contribution >= 0.6 is 0 Å². The maximum absolute atomic E-state index is 13.7. The number of hydrogen-bond acceptors (Lipinski definition) is 3. The topological polar surface area (TPSA) is 61.9 Å². The Kier molecular flexibility index (Phi) is 3.11. The number of nitrogens with one attached hydrogen (secondary N) is 1. The lowest BCUT2D eigenvalue weighted by Gasteiger charge is -2.35. The number of halogens is 1. The molecule has 1 aromatic carbocycles. The highest BCUT2D eigenvalue weighted by Crippen LogP contribution is 2.37. The monoisotopic (exact) mass is 310 g/mol. The lowest BCUT2D eigenvalue weighted by Crippen LogP contribution is -2.39. The Morgan fingerprint density at radius 2 is 2.30 bits per heavy atom. The number of fused-ring (bicyclic) bond motifs is 3. The third-order valence-electron chi connectivity index (χ3n) is 4.35. The first kappa shape index (κ1) is 13.9. The van der Waals surface area contributed by atoms with E-state index in [1.54, 1.807) is 24.1 Å². The van der Waals surface area contributed by atoms with Crippen LogP contribution in [0.25, 0.3) is 11.0 Å². The maximum Gasteiger partial charge on any atom is 0.220 e. The van der Waals surface area contributed by atoms with Gasteiger partial charge in [-0.05, 0) is 24.1 Å². The molecule has 116 valence electrons. The zero-order valence-corrected chi connectivity index (χ0v) is 12.6. The van der Waals surface area contributed by atoms with Gasteiger partial charge >= 0.3 is 0 Å². The molecule has 0 spiro atoms. The second-order valence-corrected chi connectivity index (χ2v) is 5.72. The summed E-state index contributed by atoms with van der Waals surface area (Å²) in [4.78, 5) is 25.6. The molecule has 1 aliphatic heterocycles. The minimum atomic E-state index is -0.332. The van der Waals surface area contributed by atoms with Crippen LogP contribution in [-0.2, 0) is 11.2 Å². The van der Waals surface area contributed by atoms with Crippen LogP contribution in [0.1, 0.15) is 29.8 Å². The van der Waals surface area contributed by atoms with E-state index in [2.05, 4.69) is 15.0 Å². The predicted molar refractivity (Wildman–Crippen MR) is 83.2 cm³/mol. The summed E-state index contributed by atoms with van der Waals surface area (Å²) in [5.74, 6) is -0.344. The van der Waals surface area contributed by atoms with Crippen molar-refractivity contribution in [1.82, 2.24) is 19.9 Å². The van der Waals surface area contributed by atoms with Gasteiger partial charge in [0.2, 0.25) is 5.91 Å². The maximum atomic E-state index is 13.7. The van der Waals surface area contributed by atoms with Crippen LogP contribution in [-0.4, -0.2) is 32.3 Å². The van der Waals surface area contributed by atoms with Gasteiger partial charge in [0.15, 0.2) is 0 Å².